The van der Waals surface area contributed by atoms with Crippen molar-refractivity contribution in [3.63, 3.8) is 0 Å². The molecule has 0 saturated heterocycles. The molecule has 2 N–H and O–H groups in total. The van der Waals surface area contributed by atoms with Gasteiger partial charge in [-0.1, -0.05) is 13.8 Å². The minimum Gasteiger partial charge on any atom is -0.357 e. The van der Waals surface area contributed by atoms with Gasteiger partial charge in [0.15, 0.2) is 0 Å². The molecule has 3 unspecified atom stereocenters. The summed E-state index contributed by atoms with van der Waals surface area (Å²) < 4.78 is 27.4. The lowest BCUT2D eigenvalue weighted by molar-refractivity contribution is 0.249. The predicted octanol–water partition coefficient (Wildman–Crippen LogP) is 1.62. The fourth-order valence-corrected chi connectivity index (χ4v) is 3.96. The maximum atomic E-state index is 12.3. The fourth-order valence-electron chi connectivity index (χ4n) is 2.69. The maximum absolute atomic E-state index is 12.3. The Bertz CT molecular complexity index is 544. The summed E-state index contributed by atoms with van der Waals surface area (Å²) in [7, 11) is -1.85. The standard InChI is InChI=1S/C13H22N4O2S/c1-9-4-5-12(10(2)6-9)17-20(18,19)11-7-15-13(14-3)16-8-11/h7-10,12,17H,4-6H2,1-3H3,(H,14,15,16). The van der Waals surface area contributed by atoms with Crippen LogP contribution >= 0.6 is 0 Å². The van der Waals surface area contributed by atoms with E-state index in [4.69, 9.17) is 0 Å². The van der Waals surface area contributed by atoms with E-state index in [-0.39, 0.29) is 10.9 Å². The highest BCUT2D eigenvalue weighted by molar-refractivity contribution is 7.89. The molecule has 1 aliphatic carbocycles. The Morgan fingerprint density at radius 2 is 1.85 bits per heavy atom. The summed E-state index contributed by atoms with van der Waals surface area (Å²) in [5.41, 5.74) is 0. The van der Waals surface area contributed by atoms with Crippen LogP contribution in [0.2, 0.25) is 0 Å². The number of hydrogen-bond donors (Lipinski definition) is 2. The van der Waals surface area contributed by atoms with Crippen molar-refractivity contribution >= 4 is 16.0 Å². The van der Waals surface area contributed by atoms with E-state index in [0.29, 0.717) is 17.8 Å². The number of aromatic nitrogens is 2. The normalized spacial score (nSPS) is 27.2. The summed E-state index contributed by atoms with van der Waals surface area (Å²) in [6, 6.07) is 0.000164. The van der Waals surface area contributed by atoms with Crippen molar-refractivity contribution in [1.29, 1.82) is 0 Å². The zero-order chi connectivity index (χ0) is 14.8. The van der Waals surface area contributed by atoms with Gasteiger partial charge in [-0.15, -0.1) is 0 Å². The molecule has 1 fully saturated rings. The van der Waals surface area contributed by atoms with Gasteiger partial charge in [0.25, 0.3) is 0 Å². The average molecular weight is 298 g/mol. The van der Waals surface area contributed by atoms with Crippen molar-refractivity contribution in [2.75, 3.05) is 12.4 Å². The Kier molecular flexibility index (Phi) is 4.59. The van der Waals surface area contributed by atoms with E-state index in [9.17, 15) is 8.42 Å². The molecule has 1 aromatic rings. The molecule has 1 aromatic heterocycles. The molecule has 0 bridgehead atoms. The van der Waals surface area contributed by atoms with Crippen molar-refractivity contribution < 1.29 is 8.42 Å². The van der Waals surface area contributed by atoms with Gasteiger partial charge in [-0.2, -0.15) is 0 Å². The van der Waals surface area contributed by atoms with Crippen molar-refractivity contribution in [1.82, 2.24) is 14.7 Å². The molecule has 0 aromatic carbocycles. The first-order valence-corrected chi connectivity index (χ1v) is 8.43. The van der Waals surface area contributed by atoms with Crippen LogP contribution in [0.5, 0.6) is 0 Å². The van der Waals surface area contributed by atoms with E-state index in [1.165, 1.54) is 12.4 Å². The van der Waals surface area contributed by atoms with Crippen LogP contribution in [-0.4, -0.2) is 31.5 Å². The highest BCUT2D eigenvalue weighted by Crippen LogP contribution is 2.29. The molecule has 1 saturated carbocycles. The topological polar surface area (TPSA) is 84.0 Å². The monoisotopic (exact) mass is 298 g/mol. The minimum atomic E-state index is -3.54. The third kappa shape index (κ3) is 3.46. The van der Waals surface area contributed by atoms with E-state index in [0.717, 1.165) is 19.3 Å². The summed E-state index contributed by atoms with van der Waals surface area (Å²) >= 11 is 0. The molecule has 0 radical (unpaired) electrons. The van der Waals surface area contributed by atoms with Crippen LogP contribution in [0.3, 0.4) is 0 Å². The Balaban J connectivity index is 2.10. The van der Waals surface area contributed by atoms with Gasteiger partial charge < -0.3 is 5.32 Å². The molecule has 7 heteroatoms. The number of anilines is 1. The van der Waals surface area contributed by atoms with Gasteiger partial charge in [0.1, 0.15) is 4.90 Å². The highest BCUT2D eigenvalue weighted by Gasteiger charge is 2.29. The third-order valence-electron chi connectivity index (χ3n) is 3.90. The summed E-state index contributed by atoms with van der Waals surface area (Å²) in [6.45, 7) is 4.31. The van der Waals surface area contributed by atoms with Crippen molar-refractivity contribution in [3.8, 4) is 0 Å². The van der Waals surface area contributed by atoms with Gasteiger partial charge in [-0.3, -0.25) is 0 Å². The highest BCUT2D eigenvalue weighted by atomic mass is 32.2. The van der Waals surface area contributed by atoms with Gasteiger partial charge in [0.05, 0.1) is 12.4 Å². The smallest absolute Gasteiger partial charge is 0.243 e. The average Bonchev–Trinajstić information content (AvgIpc) is 2.42. The number of nitrogens with zero attached hydrogens (tertiary/aromatic N) is 2. The first-order chi connectivity index (χ1) is 9.42. The number of sulfonamides is 1. The Morgan fingerprint density at radius 1 is 1.20 bits per heavy atom. The lowest BCUT2D eigenvalue weighted by atomic mass is 9.80. The molecule has 112 valence electrons. The summed E-state index contributed by atoms with van der Waals surface area (Å²) in [4.78, 5) is 8.01. The van der Waals surface area contributed by atoms with E-state index in [2.05, 4.69) is 33.9 Å². The lowest BCUT2D eigenvalue weighted by Crippen LogP contribution is -2.42. The van der Waals surface area contributed by atoms with Crippen molar-refractivity contribution in [2.45, 2.75) is 44.0 Å². The predicted molar refractivity (Wildman–Crippen MR) is 77.9 cm³/mol. The molecular weight excluding hydrogens is 276 g/mol. The van der Waals surface area contributed by atoms with E-state index >= 15 is 0 Å². The molecule has 0 spiro atoms. The van der Waals surface area contributed by atoms with Crippen LogP contribution in [0, 0.1) is 11.8 Å². The first kappa shape index (κ1) is 15.2. The lowest BCUT2D eigenvalue weighted by Gasteiger charge is -2.32. The quantitative estimate of drug-likeness (QED) is 0.882. The molecule has 0 aliphatic heterocycles. The summed E-state index contributed by atoms with van der Waals surface area (Å²) in [6.07, 6.45) is 5.67. The summed E-state index contributed by atoms with van der Waals surface area (Å²) in [5.74, 6) is 1.43. The second-order valence-corrected chi connectivity index (χ2v) is 7.33. The van der Waals surface area contributed by atoms with Gasteiger partial charge in [-0.25, -0.2) is 23.1 Å². The molecule has 1 aliphatic rings. The Morgan fingerprint density at radius 3 is 2.40 bits per heavy atom. The van der Waals surface area contributed by atoms with Crippen LogP contribution in [0.15, 0.2) is 17.3 Å². The molecule has 0 amide bonds. The first-order valence-electron chi connectivity index (χ1n) is 6.94. The Labute approximate surface area is 120 Å². The molecule has 2 rings (SSSR count). The van der Waals surface area contributed by atoms with Crippen molar-refractivity contribution in [3.05, 3.63) is 12.4 Å². The van der Waals surface area contributed by atoms with Gasteiger partial charge in [0.2, 0.25) is 16.0 Å². The van der Waals surface area contributed by atoms with E-state index < -0.39 is 10.0 Å². The molecule has 20 heavy (non-hydrogen) atoms. The van der Waals surface area contributed by atoms with Gasteiger partial charge in [0, 0.05) is 13.1 Å². The van der Waals surface area contributed by atoms with Crippen LogP contribution in [0.1, 0.15) is 33.1 Å². The molecule has 1 heterocycles. The van der Waals surface area contributed by atoms with Crippen LogP contribution in [0.4, 0.5) is 5.95 Å². The summed E-state index contributed by atoms with van der Waals surface area (Å²) in [5, 5.41) is 2.76. The van der Waals surface area contributed by atoms with E-state index in [1.54, 1.807) is 7.05 Å². The third-order valence-corrected chi connectivity index (χ3v) is 5.34. The van der Waals surface area contributed by atoms with Crippen molar-refractivity contribution in [2.24, 2.45) is 11.8 Å². The van der Waals surface area contributed by atoms with Crippen LogP contribution in [0.25, 0.3) is 0 Å². The van der Waals surface area contributed by atoms with Gasteiger partial charge >= 0.3 is 0 Å². The fraction of sp³-hybridized carbons (Fsp3) is 0.692. The zero-order valence-corrected chi connectivity index (χ0v) is 12.9. The minimum absolute atomic E-state index is 0.000164. The second kappa shape index (κ2) is 6.05. The Hall–Kier alpha value is -1.21. The number of nitrogens with one attached hydrogen (secondary N) is 2. The van der Waals surface area contributed by atoms with E-state index in [1.807, 2.05) is 0 Å². The van der Waals surface area contributed by atoms with Gasteiger partial charge in [-0.05, 0) is 31.1 Å². The van der Waals surface area contributed by atoms with Crippen LogP contribution < -0.4 is 10.0 Å². The maximum Gasteiger partial charge on any atom is 0.243 e. The SMILES string of the molecule is CNc1ncc(S(=O)(=O)NC2CCC(C)CC2C)cn1. The zero-order valence-electron chi connectivity index (χ0n) is 12.1. The largest absolute Gasteiger partial charge is 0.357 e. The molecular formula is C13H22N4O2S. The van der Waals surface area contributed by atoms with Crippen LogP contribution in [-0.2, 0) is 10.0 Å². The second-order valence-electron chi connectivity index (χ2n) is 5.62. The molecule has 3 atom stereocenters. The number of hydrogen-bond acceptors (Lipinski definition) is 5. The molecule has 6 nitrogen and oxygen atoms in total. The number of rotatable bonds is 4.